The molecule has 3 aliphatic heterocycles. The lowest BCUT2D eigenvalue weighted by molar-refractivity contribution is -0.384. The lowest BCUT2D eigenvalue weighted by atomic mass is 9.65. The van der Waals surface area contributed by atoms with Crippen molar-refractivity contribution in [2.75, 3.05) is 31.8 Å². The van der Waals surface area contributed by atoms with Crippen LogP contribution in [0.25, 0.3) is 0 Å². The van der Waals surface area contributed by atoms with E-state index in [-0.39, 0.29) is 43.3 Å². The number of aliphatic hydroxyl groups excluding tert-OH is 1. The van der Waals surface area contributed by atoms with Crippen molar-refractivity contribution in [1.82, 2.24) is 10.2 Å². The summed E-state index contributed by atoms with van der Waals surface area (Å²) in [4.78, 5) is 75.5. The highest BCUT2D eigenvalue weighted by Gasteiger charge is 2.75. The van der Waals surface area contributed by atoms with Crippen molar-refractivity contribution >= 4 is 35.3 Å². The molecule has 0 bridgehead atoms. The van der Waals surface area contributed by atoms with E-state index in [0.717, 1.165) is 4.90 Å². The highest BCUT2D eigenvalue weighted by molar-refractivity contribution is 6.23. The van der Waals surface area contributed by atoms with Gasteiger partial charge in [0.15, 0.2) is 0 Å². The van der Waals surface area contributed by atoms with Crippen LogP contribution in [0, 0.1) is 27.9 Å². The molecule has 0 saturated carbocycles. The number of morpholine rings is 1. The number of nitro benzene ring substituents is 1. The van der Waals surface area contributed by atoms with Crippen LogP contribution >= 0.6 is 0 Å². The van der Waals surface area contributed by atoms with Crippen molar-refractivity contribution in [3.05, 3.63) is 213 Å². The number of non-ortho nitro benzene ring substituents is 1. The van der Waals surface area contributed by atoms with Gasteiger partial charge in [-0.15, -0.1) is 6.58 Å². The van der Waals surface area contributed by atoms with E-state index in [1.165, 1.54) is 30.3 Å². The Balaban J connectivity index is 1.31. The fourth-order valence-corrected chi connectivity index (χ4v) is 9.93. The number of nitrogens with zero attached hydrogens (tertiary/aromatic N) is 3. The van der Waals surface area contributed by atoms with Crippen LogP contribution in [0.3, 0.4) is 0 Å². The van der Waals surface area contributed by atoms with E-state index in [2.05, 4.69) is 23.7 Å². The second kappa shape index (κ2) is 19.9. The minimum atomic E-state index is -2.12. The minimum Gasteiger partial charge on any atom is -0.497 e. The average Bonchev–Trinajstić information content (AvgIpc) is 3.85. The maximum Gasteiger partial charge on any atom is 0.421 e. The summed E-state index contributed by atoms with van der Waals surface area (Å²) in [6, 6.07) is 39.4. The molecule has 2 N–H and O–H groups in total. The molecule has 1 spiro atoms. The van der Waals surface area contributed by atoms with Crippen molar-refractivity contribution < 1.29 is 48.2 Å². The highest BCUT2D eigenvalue weighted by atomic mass is 16.6. The van der Waals surface area contributed by atoms with Crippen LogP contribution in [0.4, 0.5) is 16.2 Å². The zero-order valence-corrected chi connectivity index (χ0v) is 37.8. The van der Waals surface area contributed by atoms with E-state index in [1.54, 1.807) is 73.8 Å². The summed E-state index contributed by atoms with van der Waals surface area (Å²) in [6.45, 7) is 3.05. The van der Waals surface area contributed by atoms with Crippen LogP contribution in [0.2, 0.25) is 0 Å². The van der Waals surface area contributed by atoms with E-state index in [0.29, 0.717) is 44.9 Å². The van der Waals surface area contributed by atoms with E-state index in [9.17, 15) is 20.0 Å². The third-order valence-electron chi connectivity index (χ3n) is 12.8. The molecular weight excluding hydrogens is 893 g/mol. The fraction of sp³-hybridized carbons (Fsp3) is 0.200. The Bertz CT molecular complexity index is 3030. The third-order valence-corrected chi connectivity index (χ3v) is 12.8. The zero-order valence-electron chi connectivity index (χ0n) is 37.8. The highest BCUT2D eigenvalue weighted by Crippen LogP contribution is 2.66. The van der Waals surface area contributed by atoms with Gasteiger partial charge in [0.1, 0.15) is 42.3 Å². The summed E-state index contributed by atoms with van der Waals surface area (Å²) >= 11 is 0. The molecule has 6 aromatic rings. The molecule has 6 atom stereocenters. The van der Waals surface area contributed by atoms with E-state index < -0.39 is 64.4 Å². The first kappa shape index (κ1) is 46.5. The van der Waals surface area contributed by atoms with Gasteiger partial charge in [-0.25, -0.2) is 9.69 Å². The molecule has 0 aromatic heterocycles. The van der Waals surface area contributed by atoms with E-state index >= 15 is 14.4 Å². The molecule has 0 radical (unpaired) electrons. The zero-order chi connectivity index (χ0) is 48.9. The number of anilines is 1. The number of nitrogens with one attached hydrogen (secondary N) is 1. The largest absolute Gasteiger partial charge is 0.497 e. The minimum absolute atomic E-state index is 0.0352. The molecule has 2 saturated heterocycles. The number of esters is 1. The number of rotatable bonds is 13. The van der Waals surface area contributed by atoms with Gasteiger partial charge in [-0.1, -0.05) is 90.7 Å². The van der Waals surface area contributed by atoms with Crippen molar-refractivity contribution in [3.63, 3.8) is 0 Å². The Hall–Kier alpha value is -8.58. The SMILES string of the molecule is C=CCNC(=O)C1C2C(=O)OC(c3ccccc3)C(c3ccccc3)N2C(c2cccc(OCCO)c2)C12C(=O)N(C(=O)OCc1ccc([N+](=O)[O-])cc1)c1ccc(C#Cc3ccc(OC)cc3)cc12. The average molecular weight is 939 g/mol. The van der Waals surface area contributed by atoms with Gasteiger partial charge in [-0.3, -0.25) is 29.4 Å². The maximum atomic E-state index is 16.4. The predicted molar refractivity (Wildman–Crippen MR) is 256 cm³/mol. The number of ether oxygens (including phenoxy) is 4. The normalized spacial score (nSPS) is 21.1. The number of amides is 3. The lowest BCUT2D eigenvalue weighted by Gasteiger charge is -2.46. The number of fused-ring (bicyclic) bond motifs is 3. The van der Waals surface area contributed by atoms with Crippen molar-refractivity contribution in [1.29, 1.82) is 0 Å². The van der Waals surface area contributed by atoms with Crippen LogP contribution in [-0.2, 0) is 35.9 Å². The first-order chi connectivity index (χ1) is 34.1. The molecule has 3 amide bonds. The van der Waals surface area contributed by atoms with Gasteiger partial charge < -0.3 is 29.4 Å². The summed E-state index contributed by atoms with van der Waals surface area (Å²) in [7, 11) is 1.56. The number of cyclic esters (lactones) is 1. The van der Waals surface area contributed by atoms with E-state index in [4.69, 9.17) is 18.9 Å². The summed E-state index contributed by atoms with van der Waals surface area (Å²) in [5, 5.41) is 24.1. The molecule has 9 rings (SSSR count). The number of benzene rings is 6. The lowest BCUT2D eigenvalue weighted by Crippen LogP contribution is -2.55. The number of nitro groups is 1. The number of hydrogen-bond donors (Lipinski definition) is 2. The number of carbonyl (C=O) groups is 4. The van der Waals surface area contributed by atoms with Gasteiger partial charge in [0.2, 0.25) is 11.8 Å². The van der Waals surface area contributed by atoms with Crippen LogP contribution in [0.5, 0.6) is 11.5 Å². The predicted octanol–water partition coefficient (Wildman–Crippen LogP) is 7.68. The Morgan fingerprint density at radius 3 is 2.17 bits per heavy atom. The molecule has 2 fully saturated rings. The standard InChI is InChI=1S/C55H46N4O11/c1-3-29-56-51(61)46-48-52(62)70-49(39-13-8-5-9-14-39)47(38-11-6-4-7-12-38)58(48)50(40-15-10-16-43(33-40)68-31-30-60)55(46)44-32-36(18-17-35-21-26-42(67-2)27-22-35)23-28-45(44)57(53(55)63)54(64)69-34-37-19-24-41(25-20-37)59(65)66/h3-16,19-28,32-33,46-50,60H,1,29-31,34H2,2H3,(H,56,61). The first-order valence-corrected chi connectivity index (χ1v) is 22.4. The summed E-state index contributed by atoms with van der Waals surface area (Å²) in [6.07, 6.45) is -0.583. The number of aliphatic hydroxyl groups is 1. The van der Waals surface area contributed by atoms with Crippen LogP contribution in [0.15, 0.2) is 164 Å². The molecule has 6 aromatic carbocycles. The van der Waals surface area contributed by atoms with Crippen LogP contribution in [-0.4, -0.2) is 71.7 Å². The van der Waals surface area contributed by atoms with E-state index in [1.807, 2.05) is 65.6 Å². The molecular formula is C55H46N4O11. The van der Waals surface area contributed by atoms with Crippen LogP contribution in [0.1, 0.15) is 57.1 Å². The number of methoxy groups -OCH3 is 1. The summed E-state index contributed by atoms with van der Waals surface area (Å²) in [5.74, 6) is 3.42. The summed E-state index contributed by atoms with van der Waals surface area (Å²) in [5.41, 5.74) is 1.28. The van der Waals surface area contributed by atoms with Gasteiger partial charge in [0.05, 0.1) is 42.3 Å². The Labute approximate surface area is 403 Å². The van der Waals surface area contributed by atoms with Crippen molar-refractivity contribution in [2.45, 2.75) is 36.3 Å². The van der Waals surface area contributed by atoms with Crippen molar-refractivity contribution in [3.8, 4) is 23.3 Å². The molecule has 3 heterocycles. The number of carbonyl (C=O) groups excluding carboxylic acids is 4. The molecule has 0 aliphatic carbocycles. The molecule has 6 unspecified atom stereocenters. The second-order valence-corrected chi connectivity index (χ2v) is 16.8. The third kappa shape index (κ3) is 8.50. The topological polar surface area (TPSA) is 187 Å². The molecule has 352 valence electrons. The Morgan fingerprint density at radius 2 is 1.50 bits per heavy atom. The van der Waals surface area contributed by atoms with Crippen molar-refractivity contribution in [2.24, 2.45) is 5.92 Å². The Morgan fingerprint density at radius 1 is 0.829 bits per heavy atom. The molecule has 15 nitrogen and oxygen atoms in total. The Kier molecular flexibility index (Phi) is 13.3. The quantitative estimate of drug-likeness (QED) is 0.0379. The molecule has 15 heteroatoms. The number of imide groups is 1. The van der Waals surface area contributed by atoms with Gasteiger partial charge >= 0.3 is 12.1 Å². The van der Waals surface area contributed by atoms with Gasteiger partial charge in [-0.2, -0.15) is 0 Å². The first-order valence-electron chi connectivity index (χ1n) is 22.4. The van der Waals surface area contributed by atoms with Gasteiger partial charge in [-0.05, 0) is 94.5 Å². The number of hydrogen-bond acceptors (Lipinski definition) is 12. The second-order valence-electron chi connectivity index (χ2n) is 16.8. The molecule has 3 aliphatic rings. The molecule has 70 heavy (non-hydrogen) atoms. The van der Waals surface area contributed by atoms with Crippen LogP contribution < -0.4 is 19.7 Å². The fourth-order valence-electron chi connectivity index (χ4n) is 9.93. The monoisotopic (exact) mass is 938 g/mol. The van der Waals surface area contributed by atoms with Gasteiger partial charge in [0.25, 0.3) is 5.69 Å². The summed E-state index contributed by atoms with van der Waals surface area (Å²) < 4.78 is 23.7. The van der Waals surface area contributed by atoms with Gasteiger partial charge in [0, 0.05) is 29.8 Å². The smallest absolute Gasteiger partial charge is 0.421 e. The maximum absolute atomic E-state index is 16.4.